The Hall–Kier alpha value is -1.21. The van der Waals surface area contributed by atoms with Gasteiger partial charge in [-0.2, -0.15) is 0 Å². The van der Waals surface area contributed by atoms with Crippen LogP contribution in [-0.2, 0) is 4.74 Å². The molecule has 3 aromatic rings. The maximum atomic E-state index is 6.34. The van der Waals surface area contributed by atoms with Crippen LogP contribution >= 0.6 is 38.9 Å². The van der Waals surface area contributed by atoms with Gasteiger partial charge in [0.1, 0.15) is 16.9 Å². The van der Waals surface area contributed by atoms with E-state index in [1.807, 2.05) is 29.8 Å². The van der Waals surface area contributed by atoms with E-state index in [9.17, 15) is 0 Å². The predicted molar refractivity (Wildman–Crippen MR) is 97.5 cm³/mol. The molecule has 0 N–H and O–H groups in total. The molecule has 0 aliphatic carbocycles. The summed E-state index contributed by atoms with van der Waals surface area (Å²) in [6.45, 7) is 2.23. The normalized spacial score (nSPS) is 18.5. The first kappa shape index (κ1) is 15.3. The summed E-state index contributed by atoms with van der Waals surface area (Å²) in [4.78, 5) is 11.3. The molecule has 0 radical (unpaired) electrons. The van der Waals surface area contributed by atoms with Crippen molar-refractivity contribution in [3.8, 4) is 0 Å². The van der Waals surface area contributed by atoms with Crippen LogP contribution in [0.25, 0.3) is 10.9 Å². The summed E-state index contributed by atoms with van der Waals surface area (Å²) in [7, 11) is 0. The number of morpholine rings is 1. The number of hydrogen-bond donors (Lipinski definition) is 0. The molecule has 1 aliphatic heterocycles. The molecule has 1 unspecified atom stereocenters. The van der Waals surface area contributed by atoms with Crippen LogP contribution in [0.15, 0.2) is 40.3 Å². The van der Waals surface area contributed by atoms with Gasteiger partial charge in [-0.3, -0.25) is 0 Å². The number of aromatic nitrogens is 2. The first-order valence-electron chi connectivity index (χ1n) is 7.22. The van der Waals surface area contributed by atoms with Gasteiger partial charge in [-0.25, -0.2) is 9.97 Å². The average Bonchev–Trinajstić information content (AvgIpc) is 3.09. The molecule has 1 atom stereocenters. The van der Waals surface area contributed by atoms with Gasteiger partial charge in [0, 0.05) is 28.0 Å². The second kappa shape index (κ2) is 6.36. The zero-order valence-corrected chi connectivity index (χ0v) is 15.2. The molecule has 118 valence electrons. The van der Waals surface area contributed by atoms with Gasteiger partial charge in [-0.15, -0.1) is 11.3 Å². The highest BCUT2D eigenvalue weighted by atomic mass is 79.9. The third-order valence-corrected chi connectivity index (χ3v) is 5.43. The molecule has 0 bridgehead atoms. The summed E-state index contributed by atoms with van der Waals surface area (Å²) in [5, 5.41) is 4.67. The standard InChI is InChI=1S/C16H13BrClN3OS/c17-11-7-10-1-2-14(20-15(10)12(18)8-11)21-4-5-22-13(9-21)16-19-3-6-23-16/h1-3,6-8,13H,4-5,9H2. The van der Waals surface area contributed by atoms with Crippen LogP contribution in [0.1, 0.15) is 11.1 Å². The zero-order valence-electron chi connectivity index (χ0n) is 12.1. The topological polar surface area (TPSA) is 38.2 Å². The van der Waals surface area contributed by atoms with Crippen molar-refractivity contribution in [1.82, 2.24) is 9.97 Å². The van der Waals surface area contributed by atoms with Gasteiger partial charge in [-0.1, -0.05) is 27.5 Å². The Kier molecular flexibility index (Phi) is 4.24. The monoisotopic (exact) mass is 409 g/mol. The highest BCUT2D eigenvalue weighted by Crippen LogP contribution is 2.31. The predicted octanol–water partition coefficient (Wildman–Crippen LogP) is 4.69. The summed E-state index contributed by atoms with van der Waals surface area (Å²) >= 11 is 11.4. The number of benzene rings is 1. The van der Waals surface area contributed by atoms with E-state index in [-0.39, 0.29) is 6.10 Å². The molecule has 1 saturated heterocycles. The van der Waals surface area contributed by atoms with Crippen molar-refractivity contribution in [3.05, 3.63) is 50.3 Å². The number of nitrogens with zero attached hydrogens (tertiary/aromatic N) is 3. The molecule has 0 amide bonds. The Morgan fingerprint density at radius 3 is 3.09 bits per heavy atom. The van der Waals surface area contributed by atoms with Crippen molar-refractivity contribution in [2.75, 3.05) is 24.6 Å². The van der Waals surface area contributed by atoms with E-state index in [1.54, 1.807) is 11.3 Å². The molecule has 4 nitrogen and oxygen atoms in total. The molecule has 2 aromatic heterocycles. The van der Waals surface area contributed by atoms with Crippen LogP contribution < -0.4 is 4.90 Å². The lowest BCUT2D eigenvalue weighted by Gasteiger charge is -2.33. The largest absolute Gasteiger partial charge is 0.367 e. The molecule has 1 fully saturated rings. The molecule has 1 aliphatic rings. The van der Waals surface area contributed by atoms with Crippen LogP contribution in [0.2, 0.25) is 5.02 Å². The molecule has 7 heteroatoms. The number of halogens is 2. The van der Waals surface area contributed by atoms with Crippen LogP contribution in [-0.4, -0.2) is 29.7 Å². The van der Waals surface area contributed by atoms with E-state index in [1.165, 1.54) is 0 Å². The van der Waals surface area contributed by atoms with Crippen molar-refractivity contribution < 1.29 is 4.74 Å². The van der Waals surface area contributed by atoms with Gasteiger partial charge in [-0.05, 0) is 24.3 Å². The Labute approximate surface area is 151 Å². The van der Waals surface area contributed by atoms with Crippen molar-refractivity contribution in [2.45, 2.75) is 6.10 Å². The minimum absolute atomic E-state index is 0.00152. The minimum atomic E-state index is 0.00152. The summed E-state index contributed by atoms with van der Waals surface area (Å²) in [5.74, 6) is 0.923. The first-order chi connectivity index (χ1) is 11.2. The summed E-state index contributed by atoms with van der Waals surface area (Å²) < 4.78 is 6.81. The molecule has 3 heterocycles. The van der Waals surface area contributed by atoms with Crippen LogP contribution in [0.3, 0.4) is 0 Å². The van der Waals surface area contributed by atoms with Crippen LogP contribution in [0, 0.1) is 0 Å². The van der Waals surface area contributed by atoms with E-state index in [4.69, 9.17) is 21.3 Å². The van der Waals surface area contributed by atoms with Gasteiger partial charge < -0.3 is 9.64 Å². The lowest BCUT2D eigenvalue weighted by molar-refractivity contribution is 0.0394. The smallest absolute Gasteiger partial charge is 0.129 e. The SMILES string of the molecule is Clc1cc(Br)cc2ccc(N3CCOC(c4nccs4)C3)nc12. The van der Waals surface area contributed by atoms with Crippen LogP contribution in [0.5, 0.6) is 0 Å². The third kappa shape index (κ3) is 3.08. The van der Waals surface area contributed by atoms with Gasteiger partial charge in [0.15, 0.2) is 0 Å². The maximum absolute atomic E-state index is 6.34. The van der Waals surface area contributed by atoms with E-state index in [0.717, 1.165) is 39.3 Å². The second-order valence-electron chi connectivity index (χ2n) is 5.30. The summed E-state index contributed by atoms with van der Waals surface area (Å²) in [6, 6.07) is 7.99. The molecule has 1 aromatic carbocycles. The molecular weight excluding hydrogens is 398 g/mol. The average molecular weight is 411 g/mol. The molecule has 0 saturated carbocycles. The van der Waals surface area contributed by atoms with Crippen molar-refractivity contribution >= 4 is 55.6 Å². The van der Waals surface area contributed by atoms with Crippen molar-refractivity contribution in [3.63, 3.8) is 0 Å². The summed E-state index contributed by atoms with van der Waals surface area (Å²) in [5.41, 5.74) is 0.824. The van der Waals surface area contributed by atoms with Gasteiger partial charge in [0.2, 0.25) is 0 Å². The Balaban J connectivity index is 1.66. The van der Waals surface area contributed by atoms with Gasteiger partial charge in [0.05, 0.1) is 23.7 Å². The number of fused-ring (bicyclic) bond motifs is 1. The molecular formula is C16H13BrClN3OS. The number of hydrogen-bond acceptors (Lipinski definition) is 5. The van der Waals surface area contributed by atoms with E-state index in [0.29, 0.717) is 11.6 Å². The quantitative estimate of drug-likeness (QED) is 0.614. The van der Waals surface area contributed by atoms with Crippen LogP contribution in [0.4, 0.5) is 5.82 Å². The Morgan fingerprint density at radius 1 is 1.35 bits per heavy atom. The highest BCUT2D eigenvalue weighted by Gasteiger charge is 2.24. The Bertz CT molecular complexity index is 843. The number of anilines is 1. The minimum Gasteiger partial charge on any atom is -0.367 e. The molecule has 4 rings (SSSR count). The van der Waals surface area contributed by atoms with Gasteiger partial charge in [0.25, 0.3) is 0 Å². The third-order valence-electron chi connectivity index (χ3n) is 3.81. The fraction of sp³-hybridized carbons (Fsp3) is 0.250. The van der Waals surface area contributed by atoms with Crippen molar-refractivity contribution in [1.29, 1.82) is 0 Å². The lowest BCUT2D eigenvalue weighted by Crippen LogP contribution is -2.38. The van der Waals surface area contributed by atoms with E-state index in [2.05, 4.69) is 31.9 Å². The summed E-state index contributed by atoms with van der Waals surface area (Å²) in [6.07, 6.45) is 1.82. The number of ether oxygens (including phenoxy) is 1. The highest BCUT2D eigenvalue weighted by molar-refractivity contribution is 9.10. The first-order valence-corrected chi connectivity index (χ1v) is 9.27. The fourth-order valence-electron chi connectivity index (χ4n) is 2.72. The van der Waals surface area contributed by atoms with Gasteiger partial charge >= 0.3 is 0 Å². The van der Waals surface area contributed by atoms with E-state index < -0.39 is 0 Å². The maximum Gasteiger partial charge on any atom is 0.129 e. The second-order valence-corrected chi connectivity index (χ2v) is 7.55. The number of pyridine rings is 1. The lowest BCUT2D eigenvalue weighted by atomic mass is 10.2. The number of rotatable bonds is 2. The number of thiazole rings is 1. The molecule has 23 heavy (non-hydrogen) atoms. The zero-order chi connectivity index (χ0) is 15.8. The molecule has 0 spiro atoms. The Morgan fingerprint density at radius 2 is 2.26 bits per heavy atom. The van der Waals surface area contributed by atoms with Crippen molar-refractivity contribution in [2.24, 2.45) is 0 Å². The fourth-order valence-corrected chi connectivity index (χ4v) is 4.28. The van der Waals surface area contributed by atoms with E-state index >= 15 is 0 Å².